The third-order valence-corrected chi connectivity index (χ3v) is 7.92. The van der Waals surface area contributed by atoms with Crippen LogP contribution in [0.25, 0.3) is 0 Å². The molecule has 2 fully saturated rings. The maximum absolute atomic E-state index is 13.1. The Morgan fingerprint density at radius 2 is 1.90 bits per heavy atom. The van der Waals surface area contributed by atoms with Crippen molar-refractivity contribution in [3.8, 4) is 0 Å². The van der Waals surface area contributed by atoms with E-state index in [2.05, 4.69) is 14.9 Å². The Morgan fingerprint density at radius 3 is 2.55 bits per heavy atom. The SMILES string of the molecule is Cc1nc(CC(=O)N2CCC([C@@H]3CCCCN3C(=O)c3scnc3C)CC2)cs1. The molecule has 0 aromatic carbocycles. The minimum absolute atomic E-state index is 0.145. The minimum atomic E-state index is 0.145. The van der Waals surface area contributed by atoms with E-state index in [0.717, 1.165) is 66.6 Å². The zero-order chi connectivity index (χ0) is 20.4. The molecule has 0 aliphatic carbocycles. The Bertz CT molecular complexity index is 870. The quantitative estimate of drug-likeness (QED) is 0.739. The lowest BCUT2D eigenvalue weighted by Gasteiger charge is -2.43. The zero-order valence-corrected chi connectivity index (χ0v) is 18.7. The van der Waals surface area contributed by atoms with Crippen molar-refractivity contribution in [2.45, 2.75) is 58.4 Å². The fraction of sp³-hybridized carbons (Fsp3) is 0.619. The molecule has 0 spiro atoms. The van der Waals surface area contributed by atoms with Crippen molar-refractivity contribution in [3.63, 3.8) is 0 Å². The van der Waals surface area contributed by atoms with E-state index in [9.17, 15) is 9.59 Å². The van der Waals surface area contributed by atoms with Crippen molar-refractivity contribution in [3.05, 3.63) is 32.2 Å². The number of carbonyl (C=O) groups is 2. The number of rotatable bonds is 4. The first-order valence-electron chi connectivity index (χ1n) is 10.4. The van der Waals surface area contributed by atoms with Crippen LogP contribution in [-0.2, 0) is 11.2 Å². The van der Waals surface area contributed by atoms with Gasteiger partial charge in [0.05, 0.1) is 28.3 Å². The third kappa shape index (κ3) is 4.53. The third-order valence-electron chi connectivity index (χ3n) is 6.19. The van der Waals surface area contributed by atoms with Crippen LogP contribution < -0.4 is 0 Å². The highest BCUT2D eigenvalue weighted by atomic mass is 32.1. The molecule has 8 heteroatoms. The number of amides is 2. The Morgan fingerprint density at radius 1 is 1.10 bits per heavy atom. The van der Waals surface area contributed by atoms with Crippen LogP contribution in [-0.4, -0.2) is 57.3 Å². The van der Waals surface area contributed by atoms with Crippen LogP contribution in [0.15, 0.2) is 10.9 Å². The number of nitrogens with zero attached hydrogens (tertiary/aromatic N) is 4. The van der Waals surface area contributed by atoms with E-state index in [1.54, 1.807) is 16.8 Å². The number of aryl methyl sites for hydroxylation is 2. The van der Waals surface area contributed by atoms with Gasteiger partial charge in [0.1, 0.15) is 4.88 Å². The highest BCUT2D eigenvalue weighted by molar-refractivity contribution is 7.11. The van der Waals surface area contributed by atoms with E-state index >= 15 is 0 Å². The molecular formula is C21H28N4O2S2. The average Bonchev–Trinajstić information content (AvgIpc) is 3.35. The van der Waals surface area contributed by atoms with Crippen LogP contribution in [0.3, 0.4) is 0 Å². The summed E-state index contributed by atoms with van der Waals surface area (Å²) >= 11 is 3.04. The van der Waals surface area contributed by atoms with Gasteiger partial charge in [-0.1, -0.05) is 0 Å². The second-order valence-corrected chi connectivity index (χ2v) is 10.00. The number of piperidine rings is 2. The summed E-state index contributed by atoms with van der Waals surface area (Å²) < 4.78 is 0. The van der Waals surface area contributed by atoms with Crippen LogP contribution in [0, 0.1) is 19.8 Å². The highest BCUT2D eigenvalue weighted by Gasteiger charge is 2.36. The second kappa shape index (κ2) is 8.92. The van der Waals surface area contributed by atoms with E-state index in [4.69, 9.17) is 0 Å². The van der Waals surface area contributed by atoms with E-state index < -0.39 is 0 Å². The molecule has 2 saturated heterocycles. The lowest BCUT2D eigenvalue weighted by molar-refractivity contribution is -0.132. The summed E-state index contributed by atoms with van der Waals surface area (Å²) in [5, 5.41) is 2.98. The van der Waals surface area contributed by atoms with Crippen molar-refractivity contribution in [2.24, 2.45) is 5.92 Å². The van der Waals surface area contributed by atoms with Gasteiger partial charge in [0.15, 0.2) is 0 Å². The molecule has 2 aliphatic heterocycles. The second-order valence-electron chi connectivity index (χ2n) is 8.08. The van der Waals surface area contributed by atoms with Gasteiger partial charge in [-0.2, -0.15) is 0 Å². The van der Waals surface area contributed by atoms with Crippen molar-refractivity contribution < 1.29 is 9.59 Å². The standard InChI is InChI=1S/C21H28N4O2S2/c1-14-20(29-13-22-14)21(27)25-8-4-3-5-18(25)16-6-9-24(10-7-16)19(26)11-17-12-28-15(2)23-17/h12-13,16,18H,3-11H2,1-2H3/t18-/m0/s1. The van der Waals surface area contributed by atoms with E-state index in [1.165, 1.54) is 17.8 Å². The van der Waals surface area contributed by atoms with E-state index in [0.29, 0.717) is 12.3 Å². The summed E-state index contributed by atoms with van der Waals surface area (Å²) in [4.78, 5) is 39.3. The van der Waals surface area contributed by atoms with Crippen LogP contribution in [0.2, 0.25) is 0 Å². The Kier molecular flexibility index (Phi) is 6.29. The van der Waals surface area contributed by atoms with Crippen LogP contribution >= 0.6 is 22.7 Å². The van der Waals surface area contributed by atoms with Crippen molar-refractivity contribution in [1.82, 2.24) is 19.8 Å². The predicted octanol–water partition coefficient (Wildman–Crippen LogP) is 3.69. The summed E-state index contributed by atoms with van der Waals surface area (Å²) in [5.74, 6) is 0.788. The van der Waals surface area contributed by atoms with Gasteiger partial charge in [-0.05, 0) is 51.9 Å². The normalized spacial score (nSPS) is 20.8. The molecule has 29 heavy (non-hydrogen) atoms. The largest absolute Gasteiger partial charge is 0.342 e. The fourth-order valence-electron chi connectivity index (χ4n) is 4.63. The first-order chi connectivity index (χ1) is 14.0. The molecule has 0 N–H and O–H groups in total. The smallest absolute Gasteiger partial charge is 0.266 e. The fourth-order valence-corrected chi connectivity index (χ4v) is 6.00. The molecule has 2 amide bonds. The molecule has 1 atom stereocenters. The van der Waals surface area contributed by atoms with Gasteiger partial charge >= 0.3 is 0 Å². The molecule has 156 valence electrons. The number of thiazole rings is 2. The summed E-state index contributed by atoms with van der Waals surface area (Å²) in [6.45, 7) is 6.28. The maximum Gasteiger partial charge on any atom is 0.266 e. The molecule has 6 nitrogen and oxygen atoms in total. The van der Waals surface area contributed by atoms with Crippen molar-refractivity contribution in [1.29, 1.82) is 0 Å². The molecule has 2 aliphatic rings. The number of carbonyl (C=O) groups excluding carboxylic acids is 2. The van der Waals surface area contributed by atoms with Gasteiger partial charge in [-0.15, -0.1) is 22.7 Å². The minimum Gasteiger partial charge on any atom is -0.342 e. The van der Waals surface area contributed by atoms with Crippen LogP contribution in [0.1, 0.15) is 58.2 Å². The molecule has 4 rings (SSSR count). The van der Waals surface area contributed by atoms with Gasteiger partial charge in [0, 0.05) is 31.1 Å². The zero-order valence-electron chi connectivity index (χ0n) is 17.1. The lowest BCUT2D eigenvalue weighted by Crippen LogP contribution is -2.51. The number of hydrogen-bond donors (Lipinski definition) is 0. The number of aromatic nitrogens is 2. The van der Waals surface area contributed by atoms with Crippen molar-refractivity contribution >= 4 is 34.5 Å². The number of hydrogen-bond acceptors (Lipinski definition) is 6. The summed E-state index contributed by atoms with van der Waals surface area (Å²) in [6.07, 6.45) is 5.66. The molecule has 2 aromatic rings. The van der Waals surface area contributed by atoms with E-state index in [1.807, 2.05) is 24.1 Å². The summed E-state index contributed by atoms with van der Waals surface area (Å²) in [6, 6.07) is 0.288. The first kappa shape index (κ1) is 20.5. The van der Waals surface area contributed by atoms with Crippen LogP contribution in [0.4, 0.5) is 0 Å². The van der Waals surface area contributed by atoms with Crippen molar-refractivity contribution in [2.75, 3.05) is 19.6 Å². The highest BCUT2D eigenvalue weighted by Crippen LogP contribution is 2.32. The van der Waals surface area contributed by atoms with Gasteiger partial charge in [0.2, 0.25) is 5.91 Å². The molecule has 0 bridgehead atoms. The molecule has 4 heterocycles. The Hall–Kier alpha value is -1.80. The Labute approximate surface area is 180 Å². The maximum atomic E-state index is 13.1. The van der Waals surface area contributed by atoms with Crippen LogP contribution in [0.5, 0.6) is 0 Å². The van der Waals surface area contributed by atoms with Gasteiger partial charge in [-0.25, -0.2) is 9.97 Å². The monoisotopic (exact) mass is 432 g/mol. The van der Waals surface area contributed by atoms with Gasteiger partial charge in [0.25, 0.3) is 5.91 Å². The lowest BCUT2D eigenvalue weighted by atomic mass is 9.83. The Balaban J connectivity index is 1.37. The number of likely N-dealkylation sites (tertiary alicyclic amines) is 2. The molecule has 0 radical (unpaired) electrons. The molecule has 0 saturated carbocycles. The van der Waals surface area contributed by atoms with E-state index in [-0.39, 0.29) is 17.9 Å². The molecule has 2 aromatic heterocycles. The molecule has 0 unspecified atom stereocenters. The topological polar surface area (TPSA) is 66.4 Å². The summed E-state index contributed by atoms with van der Waals surface area (Å²) in [7, 11) is 0. The predicted molar refractivity (Wildman–Crippen MR) is 115 cm³/mol. The summed E-state index contributed by atoms with van der Waals surface area (Å²) in [5.41, 5.74) is 3.47. The first-order valence-corrected chi connectivity index (χ1v) is 12.2. The average molecular weight is 433 g/mol. The molecular weight excluding hydrogens is 404 g/mol. The van der Waals surface area contributed by atoms with Gasteiger partial charge in [-0.3, -0.25) is 9.59 Å². The van der Waals surface area contributed by atoms with Gasteiger partial charge < -0.3 is 9.80 Å².